The van der Waals surface area contributed by atoms with E-state index in [0.29, 0.717) is 6.54 Å². The molecule has 1 unspecified atom stereocenters. The molecule has 0 saturated carbocycles. The zero-order valence-electron chi connectivity index (χ0n) is 10.9. The van der Waals surface area contributed by atoms with Crippen molar-refractivity contribution in [3.8, 4) is 5.75 Å². The quantitative estimate of drug-likeness (QED) is 0.726. The highest BCUT2D eigenvalue weighted by atomic mass is 16.5. The number of hydrogen-bond donors (Lipinski definition) is 3. The number of ether oxygens (including phenoxy) is 1. The Morgan fingerprint density at radius 2 is 1.94 bits per heavy atom. The van der Waals surface area contributed by atoms with Crippen LogP contribution < -0.4 is 10.1 Å². The van der Waals surface area contributed by atoms with Gasteiger partial charge in [0.1, 0.15) is 5.75 Å². The summed E-state index contributed by atoms with van der Waals surface area (Å²) >= 11 is 0. The average molecular weight is 239 g/mol. The van der Waals surface area contributed by atoms with Crippen molar-refractivity contribution in [2.45, 2.75) is 26.9 Å². The smallest absolute Gasteiger partial charge is 0.145 e. The van der Waals surface area contributed by atoms with E-state index in [-0.39, 0.29) is 6.61 Å². The van der Waals surface area contributed by atoms with Crippen LogP contribution in [0.3, 0.4) is 0 Å². The average Bonchev–Trinajstić information content (AvgIpc) is 2.31. The molecule has 1 aromatic carbocycles. The number of anilines is 1. The molecule has 1 aromatic rings. The summed E-state index contributed by atoms with van der Waals surface area (Å²) in [5.41, 5.74) is 4.20. The van der Waals surface area contributed by atoms with E-state index in [1.165, 1.54) is 5.56 Å². The number of aliphatic hydroxyl groups is 2. The molecule has 0 aliphatic heterocycles. The van der Waals surface area contributed by atoms with Crippen LogP contribution in [0.1, 0.15) is 16.7 Å². The Kier molecular flexibility index (Phi) is 4.78. The summed E-state index contributed by atoms with van der Waals surface area (Å²) < 4.78 is 5.40. The summed E-state index contributed by atoms with van der Waals surface area (Å²) in [6, 6.07) is 2.07. The Bertz CT molecular complexity index is 391. The molecule has 0 bridgehead atoms. The van der Waals surface area contributed by atoms with Gasteiger partial charge in [0.2, 0.25) is 0 Å². The Labute approximate surface area is 102 Å². The molecule has 1 rings (SSSR count). The first-order chi connectivity index (χ1) is 8.01. The van der Waals surface area contributed by atoms with E-state index in [9.17, 15) is 5.11 Å². The van der Waals surface area contributed by atoms with Gasteiger partial charge in [-0.15, -0.1) is 0 Å². The van der Waals surface area contributed by atoms with Crippen LogP contribution in [0.5, 0.6) is 5.75 Å². The second-order valence-electron chi connectivity index (χ2n) is 4.26. The van der Waals surface area contributed by atoms with Gasteiger partial charge in [0.05, 0.1) is 25.5 Å². The van der Waals surface area contributed by atoms with Crippen molar-refractivity contribution in [1.29, 1.82) is 0 Å². The molecule has 1 atom stereocenters. The fraction of sp³-hybridized carbons (Fsp3) is 0.538. The zero-order valence-corrected chi connectivity index (χ0v) is 10.9. The number of aryl methyl sites for hydroxylation is 2. The Morgan fingerprint density at radius 1 is 1.29 bits per heavy atom. The number of benzene rings is 1. The largest absolute Gasteiger partial charge is 0.494 e. The van der Waals surface area contributed by atoms with Gasteiger partial charge < -0.3 is 20.3 Å². The summed E-state index contributed by atoms with van der Waals surface area (Å²) in [4.78, 5) is 0. The minimum atomic E-state index is -0.763. The van der Waals surface area contributed by atoms with Crippen LogP contribution in [0.4, 0.5) is 5.69 Å². The van der Waals surface area contributed by atoms with Gasteiger partial charge in [-0.05, 0) is 37.5 Å². The number of nitrogens with one attached hydrogen (secondary N) is 1. The van der Waals surface area contributed by atoms with Crippen LogP contribution in [0.25, 0.3) is 0 Å². The summed E-state index contributed by atoms with van der Waals surface area (Å²) in [5, 5.41) is 21.2. The topological polar surface area (TPSA) is 61.7 Å². The van der Waals surface area contributed by atoms with Crippen molar-refractivity contribution < 1.29 is 14.9 Å². The third kappa shape index (κ3) is 3.11. The van der Waals surface area contributed by atoms with Crippen LogP contribution in [0.2, 0.25) is 0 Å². The van der Waals surface area contributed by atoms with Crippen LogP contribution >= 0.6 is 0 Å². The predicted octanol–water partition coefficient (Wildman–Crippen LogP) is 1.39. The molecule has 3 N–H and O–H groups in total. The normalized spacial score (nSPS) is 12.4. The summed E-state index contributed by atoms with van der Waals surface area (Å²) in [6.45, 7) is 6.08. The first-order valence-electron chi connectivity index (χ1n) is 5.68. The van der Waals surface area contributed by atoms with E-state index in [4.69, 9.17) is 9.84 Å². The van der Waals surface area contributed by atoms with Crippen LogP contribution in [-0.4, -0.2) is 36.6 Å². The lowest BCUT2D eigenvalue weighted by Crippen LogP contribution is -2.23. The van der Waals surface area contributed by atoms with Gasteiger partial charge in [0, 0.05) is 6.54 Å². The van der Waals surface area contributed by atoms with E-state index in [1.807, 2.05) is 20.8 Å². The number of methoxy groups -OCH3 is 1. The lowest BCUT2D eigenvalue weighted by molar-refractivity contribution is 0.105. The number of hydrogen-bond acceptors (Lipinski definition) is 4. The summed E-state index contributed by atoms with van der Waals surface area (Å²) in [5.74, 6) is 0.799. The molecule has 0 aliphatic rings. The molecule has 0 amide bonds. The standard InChI is InChI=1S/C13H21NO3/c1-8-5-9(2)12(13(17-4)10(8)3)14-6-11(16)7-15/h5,11,14-16H,6-7H2,1-4H3. The highest BCUT2D eigenvalue weighted by molar-refractivity contribution is 5.66. The number of aliphatic hydroxyl groups excluding tert-OH is 2. The zero-order chi connectivity index (χ0) is 13.0. The lowest BCUT2D eigenvalue weighted by atomic mass is 10.0. The van der Waals surface area contributed by atoms with Gasteiger partial charge in [-0.2, -0.15) is 0 Å². The molecular formula is C13H21NO3. The van der Waals surface area contributed by atoms with Crippen molar-refractivity contribution >= 4 is 5.69 Å². The van der Waals surface area contributed by atoms with E-state index in [1.54, 1.807) is 7.11 Å². The Hall–Kier alpha value is -1.26. The Balaban J connectivity index is 3.01. The fourth-order valence-corrected chi connectivity index (χ4v) is 1.81. The van der Waals surface area contributed by atoms with E-state index >= 15 is 0 Å². The van der Waals surface area contributed by atoms with Gasteiger partial charge in [-0.1, -0.05) is 6.07 Å². The van der Waals surface area contributed by atoms with Gasteiger partial charge in [-0.3, -0.25) is 0 Å². The SMILES string of the molecule is COc1c(C)c(C)cc(C)c1NCC(O)CO. The van der Waals surface area contributed by atoms with Crippen molar-refractivity contribution in [3.05, 3.63) is 22.8 Å². The van der Waals surface area contributed by atoms with Crippen molar-refractivity contribution in [3.63, 3.8) is 0 Å². The summed E-state index contributed by atoms with van der Waals surface area (Å²) in [6.07, 6.45) is -0.763. The van der Waals surface area contributed by atoms with Crippen LogP contribution in [0.15, 0.2) is 6.07 Å². The van der Waals surface area contributed by atoms with Gasteiger partial charge in [-0.25, -0.2) is 0 Å². The first kappa shape index (κ1) is 13.8. The molecule has 0 heterocycles. The molecule has 0 radical (unpaired) electrons. The maximum absolute atomic E-state index is 9.34. The van der Waals surface area contributed by atoms with Crippen LogP contribution in [-0.2, 0) is 0 Å². The van der Waals surface area contributed by atoms with E-state index < -0.39 is 6.10 Å². The molecular weight excluding hydrogens is 218 g/mol. The summed E-state index contributed by atoms with van der Waals surface area (Å²) in [7, 11) is 1.63. The lowest BCUT2D eigenvalue weighted by Gasteiger charge is -2.19. The van der Waals surface area contributed by atoms with E-state index in [2.05, 4.69) is 11.4 Å². The predicted molar refractivity (Wildman–Crippen MR) is 68.8 cm³/mol. The maximum Gasteiger partial charge on any atom is 0.145 e. The molecule has 0 saturated heterocycles. The monoisotopic (exact) mass is 239 g/mol. The molecule has 96 valence electrons. The molecule has 4 heteroatoms. The highest BCUT2D eigenvalue weighted by Crippen LogP contribution is 2.33. The molecule has 4 nitrogen and oxygen atoms in total. The van der Waals surface area contributed by atoms with Gasteiger partial charge >= 0.3 is 0 Å². The Morgan fingerprint density at radius 3 is 2.47 bits per heavy atom. The molecule has 0 aliphatic carbocycles. The van der Waals surface area contributed by atoms with Crippen molar-refractivity contribution in [2.24, 2.45) is 0 Å². The fourth-order valence-electron chi connectivity index (χ4n) is 1.81. The third-order valence-electron chi connectivity index (χ3n) is 2.92. The highest BCUT2D eigenvalue weighted by Gasteiger charge is 2.13. The maximum atomic E-state index is 9.34. The number of rotatable bonds is 5. The van der Waals surface area contributed by atoms with E-state index in [0.717, 1.165) is 22.6 Å². The minimum Gasteiger partial charge on any atom is -0.494 e. The second-order valence-corrected chi connectivity index (χ2v) is 4.26. The molecule has 17 heavy (non-hydrogen) atoms. The van der Waals surface area contributed by atoms with Crippen molar-refractivity contribution in [2.75, 3.05) is 25.6 Å². The molecule has 0 aromatic heterocycles. The molecule has 0 fully saturated rings. The second kappa shape index (κ2) is 5.89. The first-order valence-corrected chi connectivity index (χ1v) is 5.68. The van der Waals surface area contributed by atoms with Crippen LogP contribution in [0, 0.1) is 20.8 Å². The minimum absolute atomic E-state index is 0.251. The third-order valence-corrected chi connectivity index (χ3v) is 2.92. The van der Waals surface area contributed by atoms with Gasteiger partial charge in [0.25, 0.3) is 0 Å². The van der Waals surface area contributed by atoms with Crippen molar-refractivity contribution in [1.82, 2.24) is 0 Å². The molecule has 0 spiro atoms. The van der Waals surface area contributed by atoms with Gasteiger partial charge in [0.15, 0.2) is 0 Å².